The molecule has 2 aromatic rings. The molecule has 104 valence electrons. The second-order valence-corrected chi connectivity index (χ2v) is 4.24. The summed E-state index contributed by atoms with van der Waals surface area (Å²) in [5.41, 5.74) is 5.82. The number of amides is 1. The SMILES string of the molecule is Cc1oc(-c2ccccc2)nc1C(=O)O[C@H](C)C(N)=O. The van der Waals surface area contributed by atoms with Crippen molar-refractivity contribution in [2.45, 2.75) is 20.0 Å². The Labute approximate surface area is 115 Å². The third-order valence-electron chi connectivity index (χ3n) is 2.70. The monoisotopic (exact) mass is 274 g/mol. The van der Waals surface area contributed by atoms with Gasteiger partial charge in [-0.25, -0.2) is 9.78 Å². The number of nitrogens with zero attached hydrogens (tertiary/aromatic N) is 1. The maximum absolute atomic E-state index is 11.9. The van der Waals surface area contributed by atoms with Gasteiger partial charge in [0.2, 0.25) is 5.89 Å². The van der Waals surface area contributed by atoms with Gasteiger partial charge in [0, 0.05) is 5.56 Å². The minimum atomic E-state index is -1.02. The van der Waals surface area contributed by atoms with Gasteiger partial charge in [0.1, 0.15) is 5.76 Å². The summed E-state index contributed by atoms with van der Waals surface area (Å²) in [7, 11) is 0. The van der Waals surface area contributed by atoms with Crippen molar-refractivity contribution in [3.63, 3.8) is 0 Å². The van der Waals surface area contributed by atoms with Gasteiger partial charge >= 0.3 is 5.97 Å². The minimum absolute atomic E-state index is 0.0388. The van der Waals surface area contributed by atoms with Gasteiger partial charge < -0.3 is 14.9 Å². The summed E-state index contributed by atoms with van der Waals surface area (Å²) in [5.74, 6) is -0.810. The molecule has 0 saturated carbocycles. The number of oxazole rings is 1. The first-order chi connectivity index (χ1) is 9.49. The molecule has 2 rings (SSSR count). The third kappa shape index (κ3) is 2.85. The molecule has 6 nitrogen and oxygen atoms in total. The molecule has 0 fully saturated rings. The molecule has 1 heterocycles. The number of primary amides is 1. The zero-order valence-electron chi connectivity index (χ0n) is 11.1. The van der Waals surface area contributed by atoms with E-state index in [0.29, 0.717) is 11.7 Å². The zero-order valence-corrected chi connectivity index (χ0v) is 11.1. The molecule has 0 unspecified atom stereocenters. The Kier molecular flexibility index (Phi) is 3.84. The van der Waals surface area contributed by atoms with Gasteiger partial charge in [-0.05, 0) is 26.0 Å². The number of aryl methyl sites for hydroxylation is 1. The van der Waals surface area contributed by atoms with Gasteiger partial charge in [-0.3, -0.25) is 4.79 Å². The van der Waals surface area contributed by atoms with E-state index >= 15 is 0 Å². The van der Waals surface area contributed by atoms with E-state index in [1.54, 1.807) is 6.92 Å². The van der Waals surface area contributed by atoms with Crippen molar-refractivity contribution < 1.29 is 18.7 Å². The lowest BCUT2D eigenvalue weighted by Gasteiger charge is -2.07. The van der Waals surface area contributed by atoms with E-state index in [1.807, 2.05) is 30.3 Å². The second kappa shape index (κ2) is 5.56. The minimum Gasteiger partial charge on any atom is -0.448 e. The number of esters is 1. The molecular formula is C14H14N2O4. The van der Waals surface area contributed by atoms with Gasteiger partial charge in [0.15, 0.2) is 11.8 Å². The highest BCUT2D eigenvalue weighted by atomic mass is 16.5. The van der Waals surface area contributed by atoms with E-state index in [2.05, 4.69) is 4.98 Å². The van der Waals surface area contributed by atoms with Crippen molar-refractivity contribution in [3.05, 3.63) is 41.8 Å². The maximum Gasteiger partial charge on any atom is 0.361 e. The molecule has 0 spiro atoms. The van der Waals surface area contributed by atoms with Gasteiger partial charge in [-0.15, -0.1) is 0 Å². The van der Waals surface area contributed by atoms with Crippen molar-refractivity contribution in [1.82, 2.24) is 4.98 Å². The van der Waals surface area contributed by atoms with Crippen LogP contribution in [0.3, 0.4) is 0 Å². The zero-order chi connectivity index (χ0) is 14.7. The molecule has 0 aliphatic rings. The molecule has 0 saturated heterocycles. The Morgan fingerprint density at radius 1 is 1.30 bits per heavy atom. The lowest BCUT2D eigenvalue weighted by Crippen LogP contribution is -2.30. The standard InChI is InChI=1S/C14H14N2O4/c1-8-11(14(18)20-9(2)12(15)17)16-13(19-8)10-6-4-3-5-7-10/h3-7,9H,1-2H3,(H2,15,17)/t9-/m1/s1. The number of aromatic nitrogens is 1. The molecule has 0 bridgehead atoms. The van der Waals surface area contributed by atoms with Crippen LogP contribution in [0.5, 0.6) is 0 Å². The highest BCUT2D eigenvalue weighted by Crippen LogP contribution is 2.22. The van der Waals surface area contributed by atoms with Crippen molar-refractivity contribution >= 4 is 11.9 Å². The fraction of sp³-hybridized carbons (Fsp3) is 0.214. The first-order valence-electron chi connectivity index (χ1n) is 6.02. The largest absolute Gasteiger partial charge is 0.448 e. The van der Waals surface area contributed by atoms with E-state index in [0.717, 1.165) is 5.56 Å². The van der Waals surface area contributed by atoms with Gasteiger partial charge in [-0.2, -0.15) is 0 Å². The summed E-state index contributed by atoms with van der Waals surface area (Å²) in [6, 6.07) is 9.16. The Bertz CT molecular complexity index is 634. The van der Waals surface area contributed by atoms with Crippen LogP contribution in [-0.2, 0) is 9.53 Å². The Morgan fingerprint density at radius 2 is 1.95 bits per heavy atom. The average molecular weight is 274 g/mol. The Balaban J connectivity index is 2.24. The van der Waals surface area contributed by atoms with E-state index in [-0.39, 0.29) is 5.69 Å². The van der Waals surface area contributed by atoms with Crippen molar-refractivity contribution in [3.8, 4) is 11.5 Å². The van der Waals surface area contributed by atoms with Crippen LogP contribution in [0.4, 0.5) is 0 Å². The third-order valence-corrected chi connectivity index (χ3v) is 2.70. The number of ether oxygens (including phenoxy) is 1. The number of carbonyl (C=O) groups is 2. The maximum atomic E-state index is 11.9. The quantitative estimate of drug-likeness (QED) is 0.856. The average Bonchev–Trinajstić information content (AvgIpc) is 2.81. The fourth-order valence-electron chi connectivity index (χ4n) is 1.56. The smallest absolute Gasteiger partial charge is 0.361 e. The summed E-state index contributed by atoms with van der Waals surface area (Å²) in [5, 5.41) is 0. The highest BCUT2D eigenvalue weighted by Gasteiger charge is 2.23. The number of carbonyl (C=O) groups excluding carboxylic acids is 2. The van der Waals surface area contributed by atoms with Crippen LogP contribution in [0.25, 0.3) is 11.5 Å². The molecule has 2 N–H and O–H groups in total. The van der Waals surface area contributed by atoms with Crippen LogP contribution in [-0.4, -0.2) is 23.0 Å². The van der Waals surface area contributed by atoms with Crippen molar-refractivity contribution in [2.24, 2.45) is 5.73 Å². The number of benzene rings is 1. The van der Waals surface area contributed by atoms with Crippen LogP contribution >= 0.6 is 0 Å². The summed E-state index contributed by atoms with van der Waals surface area (Å²) in [6.45, 7) is 3.00. The second-order valence-electron chi connectivity index (χ2n) is 4.24. The van der Waals surface area contributed by atoms with Crippen molar-refractivity contribution in [2.75, 3.05) is 0 Å². The lowest BCUT2D eigenvalue weighted by molar-refractivity contribution is -0.125. The summed E-state index contributed by atoms with van der Waals surface area (Å²) in [4.78, 5) is 26.9. The molecule has 6 heteroatoms. The number of nitrogens with two attached hydrogens (primary N) is 1. The number of rotatable bonds is 4. The number of hydrogen-bond acceptors (Lipinski definition) is 5. The van der Waals surface area contributed by atoms with Crippen molar-refractivity contribution in [1.29, 1.82) is 0 Å². The molecule has 1 aromatic heterocycles. The molecule has 1 atom stereocenters. The van der Waals surface area contributed by atoms with E-state index in [4.69, 9.17) is 14.9 Å². The summed E-state index contributed by atoms with van der Waals surface area (Å²) < 4.78 is 10.3. The van der Waals surface area contributed by atoms with Gasteiger partial charge in [-0.1, -0.05) is 18.2 Å². The topological polar surface area (TPSA) is 95.4 Å². The molecule has 1 aromatic carbocycles. The molecular weight excluding hydrogens is 260 g/mol. The van der Waals surface area contributed by atoms with Gasteiger partial charge in [0.05, 0.1) is 0 Å². The predicted molar refractivity (Wildman–Crippen MR) is 70.7 cm³/mol. The fourth-order valence-corrected chi connectivity index (χ4v) is 1.56. The van der Waals surface area contributed by atoms with Crippen LogP contribution in [0, 0.1) is 6.92 Å². The van der Waals surface area contributed by atoms with E-state index < -0.39 is 18.0 Å². The van der Waals surface area contributed by atoms with Crippen LogP contribution in [0.1, 0.15) is 23.2 Å². The highest BCUT2D eigenvalue weighted by molar-refractivity contribution is 5.91. The Hall–Kier alpha value is -2.63. The first kappa shape index (κ1) is 13.8. The van der Waals surface area contributed by atoms with Crippen LogP contribution in [0.15, 0.2) is 34.7 Å². The molecule has 0 radical (unpaired) electrons. The molecule has 0 aliphatic carbocycles. The Morgan fingerprint density at radius 3 is 2.55 bits per heavy atom. The summed E-state index contributed by atoms with van der Waals surface area (Å²) >= 11 is 0. The van der Waals surface area contributed by atoms with E-state index in [1.165, 1.54) is 6.92 Å². The van der Waals surface area contributed by atoms with E-state index in [9.17, 15) is 9.59 Å². The van der Waals surface area contributed by atoms with Crippen LogP contribution < -0.4 is 5.73 Å². The van der Waals surface area contributed by atoms with Gasteiger partial charge in [0.25, 0.3) is 5.91 Å². The molecule has 0 aliphatic heterocycles. The summed E-state index contributed by atoms with van der Waals surface area (Å²) in [6.07, 6.45) is -1.02. The molecule has 1 amide bonds. The number of hydrogen-bond donors (Lipinski definition) is 1. The lowest BCUT2D eigenvalue weighted by atomic mass is 10.2. The first-order valence-corrected chi connectivity index (χ1v) is 6.02. The van der Waals surface area contributed by atoms with Crippen LogP contribution in [0.2, 0.25) is 0 Å². The molecule has 20 heavy (non-hydrogen) atoms. The predicted octanol–water partition coefficient (Wildman–Crippen LogP) is 1.68. The normalized spacial score (nSPS) is 11.9.